The molecular weight excluding hydrogens is 541 g/mol. The van der Waals surface area contributed by atoms with Gasteiger partial charge in [-0.15, -0.1) is 11.3 Å². The minimum Gasteiger partial charge on any atom is -0.352 e. The minimum absolute atomic E-state index is 0.0221. The normalized spacial score (nSPS) is 15.7. The number of Topliss-reactive ketones (excluding diaryl/α,β-unsaturated/α-hetero) is 1. The highest BCUT2D eigenvalue weighted by Gasteiger charge is 2.35. The van der Waals surface area contributed by atoms with Crippen LogP contribution in [0.4, 0.5) is 10.2 Å². The van der Waals surface area contributed by atoms with Crippen molar-refractivity contribution >= 4 is 34.5 Å². The van der Waals surface area contributed by atoms with E-state index in [1.807, 2.05) is 40.7 Å². The Balaban J connectivity index is 1.51. The second-order valence-electron chi connectivity index (χ2n) is 10.2. The quantitative estimate of drug-likeness (QED) is 0.226. The Kier molecular flexibility index (Phi) is 9.04. The third-order valence-electron chi connectivity index (χ3n) is 7.79. The summed E-state index contributed by atoms with van der Waals surface area (Å²) in [5.41, 5.74) is 3.28. The predicted octanol–water partition coefficient (Wildman–Crippen LogP) is 4.88. The molecule has 0 aromatic carbocycles. The molecule has 2 atom stereocenters. The van der Waals surface area contributed by atoms with Gasteiger partial charge in [0.1, 0.15) is 18.5 Å². The van der Waals surface area contributed by atoms with Crippen LogP contribution in [0.3, 0.4) is 0 Å². The maximum Gasteiger partial charge on any atom is 0.242 e. The summed E-state index contributed by atoms with van der Waals surface area (Å²) >= 11 is 1.61. The van der Waals surface area contributed by atoms with E-state index in [-0.39, 0.29) is 24.3 Å². The van der Waals surface area contributed by atoms with Crippen molar-refractivity contribution in [3.8, 4) is 21.8 Å². The predicted molar refractivity (Wildman–Crippen MR) is 160 cm³/mol. The Morgan fingerprint density at radius 2 is 2.02 bits per heavy atom. The highest BCUT2D eigenvalue weighted by atomic mass is 32.1. The largest absolute Gasteiger partial charge is 0.352 e. The summed E-state index contributed by atoms with van der Waals surface area (Å²) < 4.78 is 14.4. The van der Waals surface area contributed by atoms with Gasteiger partial charge in [-0.1, -0.05) is 19.9 Å². The summed E-state index contributed by atoms with van der Waals surface area (Å²) in [7, 11) is 0. The van der Waals surface area contributed by atoms with E-state index < -0.39 is 12.7 Å². The van der Waals surface area contributed by atoms with E-state index in [1.165, 1.54) is 0 Å². The lowest BCUT2D eigenvalue weighted by Crippen LogP contribution is -2.57. The Bertz CT molecular complexity index is 1500. The van der Waals surface area contributed by atoms with Crippen LogP contribution in [0.1, 0.15) is 50.4 Å². The summed E-state index contributed by atoms with van der Waals surface area (Å²) in [5, 5.41) is 9.13. The van der Waals surface area contributed by atoms with E-state index in [1.54, 1.807) is 28.1 Å². The third-order valence-corrected chi connectivity index (χ3v) is 8.68. The Hall–Kier alpha value is -3.70. The van der Waals surface area contributed by atoms with Crippen molar-refractivity contribution < 1.29 is 14.0 Å². The fourth-order valence-corrected chi connectivity index (χ4v) is 6.00. The average Bonchev–Trinajstić information content (AvgIpc) is 3.65. The molecular formula is C30H36FN7O2S. The van der Waals surface area contributed by atoms with Crippen molar-refractivity contribution in [2.75, 3.05) is 37.8 Å². The van der Waals surface area contributed by atoms with Crippen LogP contribution in [0, 0.1) is 0 Å². The summed E-state index contributed by atoms with van der Waals surface area (Å²) in [4.78, 5) is 41.3. The third kappa shape index (κ3) is 6.15. The molecule has 4 aromatic rings. The van der Waals surface area contributed by atoms with Crippen LogP contribution in [-0.4, -0.2) is 81.1 Å². The molecule has 5 heterocycles. The molecule has 216 valence electrons. The monoisotopic (exact) mass is 577 g/mol. The maximum atomic E-state index is 13.6. The van der Waals surface area contributed by atoms with Crippen LogP contribution in [0.15, 0.2) is 48.1 Å². The molecule has 0 radical (unpaired) electrons. The number of alkyl halides is 1. The van der Waals surface area contributed by atoms with Crippen molar-refractivity contribution in [2.45, 2.75) is 52.1 Å². The van der Waals surface area contributed by atoms with E-state index in [9.17, 15) is 14.0 Å². The SMILES string of the molecule is CCN(CC)[C@@H](C)CCC(=O)c1cc(-c2cnn3ccc(-c4cccs4)nc23)nc(N2CC[C@H]2C(=O)NCCF)c1. The highest BCUT2D eigenvalue weighted by Crippen LogP contribution is 2.32. The van der Waals surface area contributed by atoms with Gasteiger partial charge in [0.25, 0.3) is 0 Å². The first kappa shape index (κ1) is 28.8. The van der Waals surface area contributed by atoms with E-state index in [2.05, 4.69) is 36.1 Å². The maximum absolute atomic E-state index is 13.6. The molecule has 1 N–H and O–H groups in total. The number of nitrogens with zero attached hydrogens (tertiary/aromatic N) is 6. The number of fused-ring (bicyclic) bond motifs is 1. The zero-order valence-electron chi connectivity index (χ0n) is 23.7. The van der Waals surface area contributed by atoms with E-state index in [0.717, 1.165) is 30.1 Å². The molecule has 1 amide bonds. The molecule has 0 aliphatic carbocycles. The Morgan fingerprint density at radius 3 is 2.71 bits per heavy atom. The number of anilines is 1. The molecule has 1 aliphatic heterocycles. The van der Waals surface area contributed by atoms with Crippen molar-refractivity contribution in [2.24, 2.45) is 0 Å². The van der Waals surface area contributed by atoms with Crippen molar-refractivity contribution in [1.29, 1.82) is 0 Å². The Labute approximate surface area is 243 Å². The average molecular weight is 578 g/mol. The van der Waals surface area contributed by atoms with Gasteiger partial charge in [0.15, 0.2) is 11.4 Å². The number of thiophene rings is 1. The number of nitrogens with one attached hydrogen (secondary N) is 1. The van der Waals surface area contributed by atoms with Crippen LogP contribution in [0.25, 0.3) is 27.5 Å². The summed E-state index contributed by atoms with van der Waals surface area (Å²) in [6, 6.07) is 9.34. The number of pyridine rings is 1. The first-order valence-corrected chi connectivity index (χ1v) is 15.1. The number of carbonyl (C=O) groups is 2. The fourth-order valence-electron chi connectivity index (χ4n) is 5.31. The van der Waals surface area contributed by atoms with Gasteiger partial charge < -0.3 is 15.1 Å². The number of amides is 1. The summed E-state index contributed by atoms with van der Waals surface area (Å²) in [6.07, 6.45) is 5.36. The van der Waals surface area contributed by atoms with E-state index >= 15 is 0 Å². The van der Waals surface area contributed by atoms with Gasteiger partial charge in [-0.05, 0) is 62.5 Å². The molecule has 0 unspecified atom stereocenters. The van der Waals surface area contributed by atoms with Crippen LogP contribution in [-0.2, 0) is 4.79 Å². The molecule has 0 spiro atoms. The van der Waals surface area contributed by atoms with E-state index in [4.69, 9.17) is 9.97 Å². The van der Waals surface area contributed by atoms with Gasteiger partial charge in [0.05, 0.1) is 28.0 Å². The number of aromatic nitrogens is 4. The number of ketones is 1. The van der Waals surface area contributed by atoms with Gasteiger partial charge in [-0.2, -0.15) is 5.10 Å². The molecule has 41 heavy (non-hydrogen) atoms. The minimum atomic E-state index is -0.619. The molecule has 1 aliphatic rings. The first-order chi connectivity index (χ1) is 19.9. The number of hydrogen-bond donors (Lipinski definition) is 1. The van der Waals surface area contributed by atoms with Gasteiger partial charge in [-0.3, -0.25) is 9.59 Å². The fraction of sp³-hybridized carbons (Fsp3) is 0.433. The van der Waals surface area contributed by atoms with Crippen LogP contribution >= 0.6 is 11.3 Å². The summed E-state index contributed by atoms with van der Waals surface area (Å²) in [5.74, 6) is 0.333. The zero-order valence-corrected chi connectivity index (χ0v) is 24.5. The van der Waals surface area contributed by atoms with Gasteiger partial charge in [0.2, 0.25) is 5.91 Å². The number of carbonyl (C=O) groups excluding carboxylic acids is 2. The lowest BCUT2D eigenvalue weighted by Gasteiger charge is -2.40. The molecule has 4 aromatic heterocycles. The molecule has 9 nitrogen and oxygen atoms in total. The molecule has 0 bridgehead atoms. The Morgan fingerprint density at radius 1 is 1.20 bits per heavy atom. The van der Waals surface area contributed by atoms with Crippen LogP contribution < -0.4 is 10.2 Å². The van der Waals surface area contributed by atoms with Gasteiger partial charge in [0, 0.05) is 37.3 Å². The number of halogens is 1. The lowest BCUT2D eigenvalue weighted by atomic mass is 9.99. The molecule has 11 heteroatoms. The standard InChI is InChI=1S/C30H36FN7O2S/c1-4-36(5-2)20(3)8-9-26(39)21-17-24(34-28(18-21)37-14-11-25(37)30(40)32-13-12-31)22-19-33-38-15-10-23(35-29(22)38)27-7-6-16-41-27/h6-7,10,15-20,25H,4-5,8-9,11-14H2,1-3H3,(H,32,40)/t20-,25-/m0/s1. The van der Waals surface area contributed by atoms with Crippen molar-refractivity contribution in [1.82, 2.24) is 29.8 Å². The molecule has 1 fully saturated rings. The van der Waals surface area contributed by atoms with Crippen LogP contribution in [0.2, 0.25) is 0 Å². The second-order valence-corrected chi connectivity index (χ2v) is 11.2. The van der Waals surface area contributed by atoms with Crippen molar-refractivity contribution in [3.63, 3.8) is 0 Å². The summed E-state index contributed by atoms with van der Waals surface area (Å²) in [6.45, 7) is 8.26. The molecule has 5 rings (SSSR count). The van der Waals surface area contributed by atoms with Crippen LogP contribution in [0.5, 0.6) is 0 Å². The smallest absolute Gasteiger partial charge is 0.242 e. The van der Waals surface area contributed by atoms with Gasteiger partial charge in [-0.25, -0.2) is 18.9 Å². The van der Waals surface area contributed by atoms with Crippen molar-refractivity contribution in [3.05, 3.63) is 53.7 Å². The lowest BCUT2D eigenvalue weighted by molar-refractivity contribution is -0.123. The molecule has 0 saturated carbocycles. The topological polar surface area (TPSA) is 95.7 Å². The highest BCUT2D eigenvalue weighted by molar-refractivity contribution is 7.13. The number of rotatable bonds is 13. The van der Waals surface area contributed by atoms with Gasteiger partial charge >= 0.3 is 0 Å². The second kappa shape index (κ2) is 12.9. The number of hydrogen-bond acceptors (Lipinski definition) is 8. The first-order valence-electron chi connectivity index (χ1n) is 14.2. The molecule has 1 saturated heterocycles. The zero-order chi connectivity index (χ0) is 28.9. The van der Waals surface area contributed by atoms with E-state index in [0.29, 0.717) is 47.7 Å².